The number of halogens is 2. The number of thioether (sulfide) groups is 1. The van der Waals surface area contributed by atoms with Crippen LogP contribution in [-0.2, 0) is 5.88 Å². The van der Waals surface area contributed by atoms with Crippen molar-refractivity contribution in [1.29, 1.82) is 0 Å². The lowest BCUT2D eigenvalue weighted by atomic mass is 10.2. The maximum atomic E-state index is 13.9. The van der Waals surface area contributed by atoms with Crippen molar-refractivity contribution in [3.05, 3.63) is 29.8 Å². The van der Waals surface area contributed by atoms with E-state index in [2.05, 4.69) is 16.5 Å². The van der Waals surface area contributed by atoms with E-state index in [-0.39, 0.29) is 5.82 Å². The van der Waals surface area contributed by atoms with E-state index in [9.17, 15) is 4.39 Å². The summed E-state index contributed by atoms with van der Waals surface area (Å²) in [4.78, 5) is 4.42. The van der Waals surface area contributed by atoms with Gasteiger partial charge in [-0.15, -0.1) is 11.6 Å². The highest BCUT2D eigenvalue weighted by atomic mass is 35.5. The van der Waals surface area contributed by atoms with E-state index in [1.807, 2.05) is 17.8 Å². The summed E-state index contributed by atoms with van der Waals surface area (Å²) in [5.41, 5.74) is 1.34. The number of rotatable bonds is 4. The highest BCUT2D eigenvalue weighted by Crippen LogP contribution is 2.41. The zero-order chi connectivity index (χ0) is 14.1. The number of alkyl halides is 1. The van der Waals surface area contributed by atoms with Gasteiger partial charge in [0.2, 0.25) is 0 Å². The molecule has 0 spiro atoms. The fraction of sp³-hybridized carbons (Fsp3) is 0.533. The summed E-state index contributed by atoms with van der Waals surface area (Å²) < 4.78 is 16.1. The molecular weight excluding hydrogens is 295 g/mol. The minimum absolute atomic E-state index is 0.259. The first-order valence-corrected chi connectivity index (χ1v) is 8.67. The molecule has 2 nitrogen and oxygen atoms in total. The zero-order valence-electron chi connectivity index (χ0n) is 11.5. The van der Waals surface area contributed by atoms with Gasteiger partial charge in [0.25, 0.3) is 0 Å². The highest BCUT2D eigenvalue weighted by Gasteiger charge is 2.31. The van der Waals surface area contributed by atoms with Gasteiger partial charge in [-0.2, -0.15) is 11.8 Å². The SMILES string of the molecule is CCSC1CCCC1n1c(CCl)nc2c(F)cccc21. The standard InChI is InChI=1S/C15H18ClFN2S/c1-2-20-13-8-4-6-11(13)19-12-7-3-5-10(17)15(12)18-14(19)9-16/h3,5,7,11,13H,2,4,6,8-9H2,1H3. The molecule has 1 aromatic heterocycles. The van der Waals surface area contributed by atoms with Gasteiger partial charge in [0, 0.05) is 11.3 Å². The second-order valence-corrected chi connectivity index (χ2v) is 6.91. The Labute approximate surface area is 127 Å². The van der Waals surface area contributed by atoms with Crippen LogP contribution >= 0.6 is 23.4 Å². The number of benzene rings is 1. The molecule has 2 atom stereocenters. The third-order valence-electron chi connectivity index (χ3n) is 3.99. The van der Waals surface area contributed by atoms with Crippen LogP contribution in [0.4, 0.5) is 4.39 Å². The smallest absolute Gasteiger partial charge is 0.151 e. The molecule has 0 saturated heterocycles. The molecular formula is C15H18ClFN2S. The third kappa shape index (κ3) is 2.33. The fourth-order valence-corrected chi connectivity index (χ4v) is 4.64. The van der Waals surface area contributed by atoms with Gasteiger partial charge in [-0.1, -0.05) is 19.4 Å². The minimum Gasteiger partial charge on any atom is -0.323 e. The van der Waals surface area contributed by atoms with Gasteiger partial charge in [-0.05, 0) is 30.7 Å². The Balaban J connectivity index is 2.12. The molecule has 1 saturated carbocycles. The number of aromatic nitrogens is 2. The second kappa shape index (κ2) is 5.94. The van der Waals surface area contributed by atoms with Crippen LogP contribution in [0.2, 0.25) is 0 Å². The summed E-state index contributed by atoms with van der Waals surface area (Å²) in [6.45, 7) is 2.19. The van der Waals surface area contributed by atoms with E-state index in [0.29, 0.717) is 22.7 Å². The molecule has 1 aliphatic carbocycles. The van der Waals surface area contributed by atoms with Gasteiger partial charge in [0.1, 0.15) is 11.3 Å². The number of hydrogen-bond acceptors (Lipinski definition) is 2. The summed E-state index contributed by atoms with van der Waals surface area (Å²) in [5, 5.41) is 0.586. The van der Waals surface area contributed by atoms with Crippen molar-refractivity contribution < 1.29 is 4.39 Å². The summed E-state index contributed by atoms with van der Waals surface area (Å²) in [6, 6.07) is 5.56. The Hall–Kier alpha value is -0.740. The van der Waals surface area contributed by atoms with Crippen LogP contribution < -0.4 is 0 Å². The number of fused-ring (bicyclic) bond motifs is 1. The molecule has 0 aliphatic heterocycles. The summed E-state index contributed by atoms with van der Waals surface area (Å²) in [6.07, 6.45) is 3.57. The van der Waals surface area contributed by atoms with E-state index < -0.39 is 0 Å². The molecule has 1 aliphatic rings. The summed E-state index contributed by atoms with van der Waals surface area (Å²) >= 11 is 8.04. The summed E-state index contributed by atoms with van der Waals surface area (Å²) in [5.74, 6) is 1.97. The second-order valence-electron chi connectivity index (χ2n) is 5.13. The van der Waals surface area contributed by atoms with E-state index in [4.69, 9.17) is 11.6 Å². The van der Waals surface area contributed by atoms with E-state index in [0.717, 1.165) is 23.5 Å². The fourth-order valence-electron chi connectivity index (χ4n) is 3.21. The molecule has 0 amide bonds. The van der Waals surface area contributed by atoms with Gasteiger partial charge in [0.15, 0.2) is 5.82 Å². The molecule has 2 aromatic rings. The Kier molecular flexibility index (Phi) is 4.22. The van der Waals surface area contributed by atoms with Crippen LogP contribution in [0.5, 0.6) is 0 Å². The van der Waals surface area contributed by atoms with Gasteiger partial charge in [-0.3, -0.25) is 0 Å². The molecule has 0 N–H and O–H groups in total. The van der Waals surface area contributed by atoms with Crippen molar-refractivity contribution in [2.45, 2.75) is 43.4 Å². The van der Waals surface area contributed by atoms with E-state index in [1.54, 1.807) is 6.07 Å². The van der Waals surface area contributed by atoms with Crippen molar-refractivity contribution in [3.63, 3.8) is 0 Å². The zero-order valence-corrected chi connectivity index (χ0v) is 13.1. The predicted octanol–water partition coefficient (Wildman–Crippen LogP) is 4.76. The monoisotopic (exact) mass is 312 g/mol. The lowest BCUT2D eigenvalue weighted by Crippen LogP contribution is -2.18. The lowest BCUT2D eigenvalue weighted by Gasteiger charge is -2.22. The quantitative estimate of drug-likeness (QED) is 0.757. The molecule has 1 heterocycles. The third-order valence-corrected chi connectivity index (χ3v) is 5.54. The highest BCUT2D eigenvalue weighted by molar-refractivity contribution is 7.99. The summed E-state index contributed by atoms with van der Waals surface area (Å²) in [7, 11) is 0. The largest absolute Gasteiger partial charge is 0.323 e. The topological polar surface area (TPSA) is 17.8 Å². The van der Waals surface area contributed by atoms with Crippen LogP contribution in [0.25, 0.3) is 11.0 Å². The van der Waals surface area contributed by atoms with Crippen LogP contribution in [0.3, 0.4) is 0 Å². The molecule has 0 bridgehead atoms. The van der Waals surface area contributed by atoms with Crippen molar-refractivity contribution in [1.82, 2.24) is 9.55 Å². The van der Waals surface area contributed by atoms with Crippen molar-refractivity contribution in [2.24, 2.45) is 0 Å². The van der Waals surface area contributed by atoms with Crippen LogP contribution in [0.15, 0.2) is 18.2 Å². The molecule has 5 heteroatoms. The van der Waals surface area contributed by atoms with Crippen LogP contribution in [-0.4, -0.2) is 20.6 Å². The maximum Gasteiger partial charge on any atom is 0.151 e. The first kappa shape index (κ1) is 14.2. The molecule has 20 heavy (non-hydrogen) atoms. The first-order chi connectivity index (χ1) is 9.76. The van der Waals surface area contributed by atoms with E-state index in [1.165, 1.54) is 18.9 Å². The number of para-hydroxylation sites is 1. The van der Waals surface area contributed by atoms with Crippen LogP contribution in [0.1, 0.15) is 38.1 Å². The molecule has 1 fully saturated rings. The number of hydrogen-bond donors (Lipinski definition) is 0. The van der Waals surface area contributed by atoms with Gasteiger partial charge < -0.3 is 4.57 Å². The average Bonchev–Trinajstić information content (AvgIpc) is 3.03. The lowest BCUT2D eigenvalue weighted by molar-refractivity contribution is 0.527. The average molecular weight is 313 g/mol. The molecule has 2 unspecified atom stereocenters. The number of imidazole rings is 1. The van der Waals surface area contributed by atoms with Crippen LogP contribution in [0, 0.1) is 5.82 Å². The Morgan fingerprint density at radius 3 is 3.05 bits per heavy atom. The molecule has 0 radical (unpaired) electrons. The van der Waals surface area contributed by atoms with Gasteiger partial charge in [0.05, 0.1) is 11.4 Å². The maximum absolute atomic E-state index is 13.9. The van der Waals surface area contributed by atoms with Gasteiger partial charge in [-0.25, -0.2) is 9.37 Å². The Bertz CT molecular complexity index is 613. The molecule has 1 aromatic carbocycles. The van der Waals surface area contributed by atoms with Crippen molar-refractivity contribution >= 4 is 34.4 Å². The Morgan fingerprint density at radius 1 is 1.45 bits per heavy atom. The molecule has 3 rings (SSSR count). The first-order valence-electron chi connectivity index (χ1n) is 7.09. The predicted molar refractivity (Wildman–Crippen MR) is 84.1 cm³/mol. The normalized spacial score (nSPS) is 22.8. The Morgan fingerprint density at radius 2 is 2.30 bits per heavy atom. The van der Waals surface area contributed by atoms with Crippen molar-refractivity contribution in [3.8, 4) is 0 Å². The van der Waals surface area contributed by atoms with Gasteiger partial charge >= 0.3 is 0 Å². The minimum atomic E-state index is -0.259. The van der Waals surface area contributed by atoms with E-state index >= 15 is 0 Å². The number of nitrogens with zero attached hydrogens (tertiary/aromatic N) is 2. The van der Waals surface area contributed by atoms with Crippen molar-refractivity contribution in [2.75, 3.05) is 5.75 Å². The molecule has 108 valence electrons.